The Kier molecular flexibility index (Phi) is 2.20. The van der Waals surface area contributed by atoms with Crippen molar-refractivity contribution in [2.75, 3.05) is 0 Å². The molecule has 0 aromatic carbocycles. The Labute approximate surface area is 97.4 Å². The molecule has 3 rings (SSSR count). The number of hydrogen-bond donors (Lipinski definition) is 0. The van der Waals surface area contributed by atoms with Gasteiger partial charge in [-0.3, -0.25) is 0 Å². The average molecular weight is 216 g/mol. The summed E-state index contributed by atoms with van der Waals surface area (Å²) < 4.78 is 2.15. The molecule has 2 aliphatic rings. The third-order valence-corrected chi connectivity index (χ3v) is 4.72. The second-order valence-corrected chi connectivity index (χ2v) is 5.85. The summed E-state index contributed by atoms with van der Waals surface area (Å²) in [6, 6.07) is 0. The van der Waals surface area contributed by atoms with Crippen LogP contribution in [0.15, 0.2) is 30.4 Å². The number of fused-ring (bicyclic) bond motifs is 2. The van der Waals surface area contributed by atoms with E-state index < -0.39 is 0 Å². The normalized spacial score (nSPS) is 33.8. The van der Waals surface area contributed by atoms with Crippen molar-refractivity contribution in [3.8, 4) is 0 Å². The molecule has 0 aliphatic heterocycles. The molecule has 0 saturated heterocycles. The van der Waals surface area contributed by atoms with Crippen molar-refractivity contribution in [2.45, 2.75) is 39.7 Å². The van der Waals surface area contributed by atoms with Crippen LogP contribution in [-0.4, -0.2) is 9.55 Å². The number of aromatic nitrogens is 2. The molecule has 2 aliphatic carbocycles. The van der Waals surface area contributed by atoms with Gasteiger partial charge in [0, 0.05) is 18.9 Å². The van der Waals surface area contributed by atoms with E-state index in [-0.39, 0.29) is 0 Å². The molecule has 1 aromatic rings. The van der Waals surface area contributed by atoms with Gasteiger partial charge in [-0.25, -0.2) is 4.98 Å². The van der Waals surface area contributed by atoms with Crippen molar-refractivity contribution in [2.24, 2.45) is 17.3 Å². The Bertz CT molecular complexity index is 400. The Morgan fingerprint density at radius 2 is 2.38 bits per heavy atom. The largest absolute Gasteiger partial charge is 0.334 e. The summed E-state index contributed by atoms with van der Waals surface area (Å²) in [4.78, 5) is 4.09. The van der Waals surface area contributed by atoms with Crippen molar-refractivity contribution in [1.29, 1.82) is 0 Å². The molecule has 2 nitrogen and oxygen atoms in total. The molecular formula is C14H20N2. The van der Waals surface area contributed by atoms with Gasteiger partial charge in [0.25, 0.3) is 0 Å². The van der Waals surface area contributed by atoms with Crippen molar-refractivity contribution >= 4 is 0 Å². The number of hydrogen-bond acceptors (Lipinski definition) is 1. The highest BCUT2D eigenvalue weighted by atomic mass is 15.0. The zero-order valence-corrected chi connectivity index (χ0v) is 10.2. The standard InChI is InChI=1S/C14H20N2/c1-14(2)12-4-3-11(9-12)13(14)5-7-16-8-6-15-10-16/h5-6,8,10-12H,3-4,7,9H2,1-2H3/b13-5+. The van der Waals surface area contributed by atoms with Crippen LogP contribution >= 0.6 is 0 Å². The fourth-order valence-corrected chi connectivity index (χ4v) is 3.71. The number of allylic oxidation sites excluding steroid dienone is 2. The molecule has 1 aromatic heterocycles. The summed E-state index contributed by atoms with van der Waals surface area (Å²) in [6.07, 6.45) is 12.5. The molecule has 16 heavy (non-hydrogen) atoms. The van der Waals surface area contributed by atoms with Gasteiger partial charge in [0.2, 0.25) is 0 Å². The Hall–Kier alpha value is -1.05. The van der Waals surface area contributed by atoms with E-state index in [2.05, 4.69) is 29.5 Å². The predicted molar refractivity (Wildman–Crippen MR) is 64.9 cm³/mol. The maximum atomic E-state index is 4.09. The summed E-state index contributed by atoms with van der Waals surface area (Å²) in [6.45, 7) is 5.84. The highest BCUT2D eigenvalue weighted by Gasteiger charge is 2.48. The van der Waals surface area contributed by atoms with Crippen molar-refractivity contribution in [1.82, 2.24) is 9.55 Å². The van der Waals surface area contributed by atoms with Crippen LogP contribution in [0.5, 0.6) is 0 Å². The van der Waals surface area contributed by atoms with Crippen LogP contribution in [0.1, 0.15) is 33.1 Å². The number of rotatable bonds is 2. The first-order chi connectivity index (χ1) is 7.68. The van der Waals surface area contributed by atoms with Gasteiger partial charge < -0.3 is 4.57 Å². The molecule has 86 valence electrons. The van der Waals surface area contributed by atoms with Gasteiger partial charge in [-0.05, 0) is 36.5 Å². The third-order valence-electron chi connectivity index (χ3n) is 4.72. The summed E-state index contributed by atoms with van der Waals surface area (Å²) in [7, 11) is 0. The lowest BCUT2D eigenvalue weighted by molar-refractivity contribution is 0.287. The molecule has 2 saturated carbocycles. The van der Waals surface area contributed by atoms with E-state index in [0.717, 1.165) is 18.4 Å². The maximum Gasteiger partial charge on any atom is 0.0948 e. The van der Waals surface area contributed by atoms with Crippen LogP contribution in [0.2, 0.25) is 0 Å². The molecule has 1 heterocycles. The van der Waals surface area contributed by atoms with E-state index in [1.54, 1.807) is 5.57 Å². The van der Waals surface area contributed by atoms with Gasteiger partial charge in [0.1, 0.15) is 0 Å². The fourth-order valence-electron chi connectivity index (χ4n) is 3.71. The molecule has 2 atom stereocenters. The first-order valence-electron chi connectivity index (χ1n) is 6.34. The molecule has 0 amide bonds. The molecule has 2 fully saturated rings. The van der Waals surface area contributed by atoms with Crippen molar-refractivity contribution < 1.29 is 0 Å². The van der Waals surface area contributed by atoms with Gasteiger partial charge in [0.15, 0.2) is 0 Å². The minimum Gasteiger partial charge on any atom is -0.334 e. The highest BCUT2D eigenvalue weighted by Crippen LogP contribution is 2.58. The fraction of sp³-hybridized carbons (Fsp3) is 0.643. The molecule has 2 bridgehead atoms. The van der Waals surface area contributed by atoms with E-state index >= 15 is 0 Å². The highest BCUT2D eigenvalue weighted by molar-refractivity contribution is 5.26. The molecule has 0 radical (unpaired) electrons. The van der Waals surface area contributed by atoms with Crippen LogP contribution in [0, 0.1) is 17.3 Å². The van der Waals surface area contributed by atoms with E-state index in [4.69, 9.17) is 0 Å². The SMILES string of the molecule is CC1(C)/C(=C/Cn2ccnc2)C2CCC1C2. The van der Waals surface area contributed by atoms with Crippen LogP contribution in [0.4, 0.5) is 0 Å². The second-order valence-electron chi connectivity index (χ2n) is 5.85. The summed E-state index contributed by atoms with van der Waals surface area (Å²) in [5, 5.41) is 0. The smallest absolute Gasteiger partial charge is 0.0948 e. The zero-order valence-electron chi connectivity index (χ0n) is 10.2. The first kappa shape index (κ1) is 10.1. The minimum atomic E-state index is 0.448. The lowest BCUT2D eigenvalue weighted by Gasteiger charge is -2.33. The van der Waals surface area contributed by atoms with Crippen LogP contribution in [0.25, 0.3) is 0 Å². The second kappa shape index (κ2) is 3.47. The van der Waals surface area contributed by atoms with Crippen LogP contribution < -0.4 is 0 Å². The minimum absolute atomic E-state index is 0.448. The van der Waals surface area contributed by atoms with Crippen LogP contribution in [0.3, 0.4) is 0 Å². The average Bonchev–Trinajstić information content (AvgIpc) is 2.89. The van der Waals surface area contributed by atoms with E-state index in [1.165, 1.54) is 19.3 Å². The van der Waals surface area contributed by atoms with Crippen molar-refractivity contribution in [3.63, 3.8) is 0 Å². The molecule has 2 heteroatoms. The zero-order chi connectivity index (χ0) is 11.2. The van der Waals surface area contributed by atoms with Gasteiger partial charge in [-0.1, -0.05) is 25.5 Å². The molecule has 2 unspecified atom stereocenters. The summed E-state index contributed by atoms with van der Waals surface area (Å²) in [5.41, 5.74) is 2.15. The Morgan fingerprint density at radius 3 is 3.00 bits per heavy atom. The number of nitrogens with zero attached hydrogens (tertiary/aromatic N) is 2. The van der Waals surface area contributed by atoms with Gasteiger partial charge in [-0.15, -0.1) is 0 Å². The topological polar surface area (TPSA) is 17.8 Å². The third kappa shape index (κ3) is 1.43. The van der Waals surface area contributed by atoms with Gasteiger partial charge in [0.05, 0.1) is 6.33 Å². The Morgan fingerprint density at radius 1 is 1.50 bits per heavy atom. The molecule has 0 spiro atoms. The van der Waals surface area contributed by atoms with Gasteiger partial charge >= 0.3 is 0 Å². The summed E-state index contributed by atoms with van der Waals surface area (Å²) >= 11 is 0. The first-order valence-corrected chi connectivity index (χ1v) is 6.34. The Balaban J connectivity index is 1.81. The van der Waals surface area contributed by atoms with Crippen LogP contribution in [-0.2, 0) is 6.54 Å². The molecular weight excluding hydrogens is 196 g/mol. The monoisotopic (exact) mass is 216 g/mol. The summed E-state index contributed by atoms with van der Waals surface area (Å²) in [5.74, 6) is 1.81. The van der Waals surface area contributed by atoms with Crippen molar-refractivity contribution in [3.05, 3.63) is 30.4 Å². The lowest BCUT2D eigenvalue weighted by Crippen LogP contribution is -2.23. The quantitative estimate of drug-likeness (QED) is 0.694. The number of imidazole rings is 1. The van der Waals surface area contributed by atoms with E-state index in [0.29, 0.717) is 5.41 Å². The maximum absolute atomic E-state index is 4.09. The lowest BCUT2D eigenvalue weighted by atomic mass is 9.72. The van der Waals surface area contributed by atoms with E-state index in [1.807, 2.05) is 18.7 Å². The predicted octanol–water partition coefficient (Wildman–Crippen LogP) is 3.27. The molecule has 0 N–H and O–H groups in total. The van der Waals surface area contributed by atoms with E-state index in [9.17, 15) is 0 Å². The van der Waals surface area contributed by atoms with Gasteiger partial charge in [-0.2, -0.15) is 0 Å².